The fraction of sp³-hybridized carbons (Fsp3) is 0.455. The molecule has 6 nitrogen and oxygen atoms in total. The Labute approximate surface area is 186 Å². The van der Waals surface area contributed by atoms with Crippen LogP contribution in [0.4, 0.5) is 11.5 Å². The number of aromatic amines is 1. The molecule has 0 saturated carbocycles. The van der Waals surface area contributed by atoms with Crippen LogP contribution >= 0.6 is 23.2 Å². The van der Waals surface area contributed by atoms with E-state index in [1.54, 1.807) is 12.4 Å². The highest BCUT2D eigenvalue weighted by Crippen LogP contribution is 2.29. The minimum atomic E-state index is 0.402. The number of nitrogens with zero attached hydrogens (tertiary/aromatic N) is 4. The molecule has 2 N–H and O–H groups in total. The summed E-state index contributed by atoms with van der Waals surface area (Å²) in [5, 5.41) is 6.09. The van der Waals surface area contributed by atoms with Crippen LogP contribution < -0.4 is 10.2 Å². The van der Waals surface area contributed by atoms with Crippen LogP contribution in [0.25, 0.3) is 11.0 Å². The molecule has 2 atom stereocenters. The third-order valence-corrected chi connectivity index (χ3v) is 6.67. The first kappa shape index (κ1) is 19.9. The van der Waals surface area contributed by atoms with E-state index in [1.165, 1.54) is 19.3 Å². The molecule has 2 aliphatic rings. The van der Waals surface area contributed by atoms with E-state index in [0.29, 0.717) is 22.1 Å². The Hall–Kier alpha value is -2.02. The molecular formula is C22H26Cl2N6. The summed E-state index contributed by atoms with van der Waals surface area (Å²) >= 11 is 12.3. The van der Waals surface area contributed by atoms with Gasteiger partial charge in [0.1, 0.15) is 17.8 Å². The molecule has 158 valence electrons. The minimum Gasteiger partial charge on any atom is -0.381 e. The van der Waals surface area contributed by atoms with Crippen molar-refractivity contribution >= 4 is 45.7 Å². The Balaban J connectivity index is 1.27. The summed E-state index contributed by atoms with van der Waals surface area (Å²) < 4.78 is 0. The maximum atomic E-state index is 6.17. The maximum absolute atomic E-state index is 6.17. The smallest absolute Gasteiger partial charge is 0.142 e. The molecule has 4 heterocycles. The van der Waals surface area contributed by atoms with Crippen molar-refractivity contribution in [2.24, 2.45) is 0 Å². The lowest BCUT2D eigenvalue weighted by atomic mass is 9.98. The average Bonchev–Trinajstić information content (AvgIpc) is 3.22. The molecule has 0 aliphatic carbocycles. The van der Waals surface area contributed by atoms with E-state index in [0.717, 1.165) is 55.1 Å². The van der Waals surface area contributed by atoms with Crippen LogP contribution in [0.5, 0.6) is 0 Å². The number of fused-ring (bicyclic) bond motifs is 1. The quantitative estimate of drug-likeness (QED) is 0.604. The number of likely N-dealkylation sites (tertiary alicyclic amines) is 1. The number of halogens is 2. The monoisotopic (exact) mass is 444 g/mol. The highest BCUT2D eigenvalue weighted by molar-refractivity contribution is 6.35. The summed E-state index contributed by atoms with van der Waals surface area (Å²) in [6.07, 6.45) is 8.36. The van der Waals surface area contributed by atoms with Gasteiger partial charge in [0.15, 0.2) is 0 Å². The van der Waals surface area contributed by atoms with Gasteiger partial charge in [-0.25, -0.2) is 9.97 Å². The van der Waals surface area contributed by atoms with Crippen molar-refractivity contribution in [3.05, 3.63) is 46.8 Å². The number of anilines is 2. The summed E-state index contributed by atoms with van der Waals surface area (Å²) in [5.41, 5.74) is 1.91. The van der Waals surface area contributed by atoms with Gasteiger partial charge in [-0.1, -0.05) is 23.2 Å². The Morgan fingerprint density at radius 1 is 1.00 bits per heavy atom. The molecule has 1 aromatic carbocycles. The van der Waals surface area contributed by atoms with Crippen molar-refractivity contribution in [3.8, 4) is 0 Å². The van der Waals surface area contributed by atoms with Gasteiger partial charge in [0, 0.05) is 53.6 Å². The number of H-pyrrole nitrogens is 1. The lowest BCUT2D eigenvalue weighted by molar-refractivity contribution is 0.139. The molecule has 3 aromatic rings. The fourth-order valence-corrected chi connectivity index (χ4v) is 5.41. The van der Waals surface area contributed by atoms with Gasteiger partial charge in [-0.05, 0) is 56.5 Å². The summed E-state index contributed by atoms with van der Waals surface area (Å²) in [5.74, 6) is 1.05. The first-order valence-electron chi connectivity index (χ1n) is 10.7. The summed E-state index contributed by atoms with van der Waals surface area (Å²) in [4.78, 5) is 17.2. The topological polar surface area (TPSA) is 60.1 Å². The van der Waals surface area contributed by atoms with Crippen molar-refractivity contribution in [3.63, 3.8) is 0 Å². The number of aromatic nitrogens is 3. The zero-order chi connectivity index (χ0) is 20.5. The van der Waals surface area contributed by atoms with Gasteiger partial charge in [-0.3, -0.25) is 4.90 Å². The van der Waals surface area contributed by atoms with Gasteiger partial charge in [0.05, 0.1) is 5.39 Å². The van der Waals surface area contributed by atoms with E-state index in [1.807, 2.05) is 18.3 Å². The highest BCUT2D eigenvalue weighted by Gasteiger charge is 2.30. The van der Waals surface area contributed by atoms with Crippen LogP contribution in [0, 0.1) is 0 Å². The SMILES string of the molecule is Clc1cc(Cl)cc(NC2CCCN([C@@H]3CCCN(c4ncnc5[nH]ccc45)C3)C2)c1. The molecule has 2 aromatic heterocycles. The van der Waals surface area contributed by atoms with Crippen LogP contribution in [-0.4, -0.2) is 58.1 Å². The van der Waals surface area contributed by atoms with Gasteiger partial charge in [-0.2, -0.15) is 0 Å². The molecule has 2 saturated heterocycles. The summed E-state index contributed by atoms with van der Waals surface area (Å²) in [6, 6.07) is 8.69. The zero-order valence-corrected chi connectivity index (χ0v) is 18.3. The van der Waals surface area contributed by atoms with Crippen LogP contribution in [0.1, 0.15) is 25.7 Å². The predicted molar refractivity (Wildman–Crippen MR) is 124 cm³/mol. The van der Waals surface area contributed by atoms with Crippen LogP contribution in [0.2, 0.25) is 10.0 Å². The Morgan fingerprint density at radius 3 is 2.70 bits per heavy atom. The number of benzene rings is 1. The van der Waals surface area contributed by atoms with Gasteiger partial charge in [0.25, 0.3) is 0 Å². The molecule has 2 aliphatic heterocycles. The second-order valence-corrected chi connectivity index (χ2v) is 9.19. The zero-order valence-electron chi connectivity index (χ0n) is 16.8. The first-order valence-corrected chi connectivity index (χ1v) is 11.4. The largest absolute Gasteiger partial charge is 0.381 e. The van der Waals surface area contributed by atoms with Gasteiger partial charge >= 0.3 is 0 Å². The lowest BCUT2D eigenvalue weighted by Crippen LogP contribution is -2.53. The first-order chi connectivity index (χ1) is 14.7. The number of nitrogens with one attached hydrogen (secondary N) is 2. The normalized spacial score (nSPS) is 23.1. The summed E-state index contributed by atoms with van der Waals surface area (Å²) in [6.45, 7) is 4.24. The van der Waals surface area contributed by atoms with E-state index < -0.39 is 0 Å². The fourth-order valence-electron chi connectivity index (χ4n) is 4.88. The van der Waals surface area contributed by atoms with E-state index in [-0.39, 0.29) is 0 Å². The molecule has 30 heavy (non-hydrogen) atoms. The van der Waals surface area contributed by atoms with Crippen molar-refractivity contribution in [2.45, 2.75) is 37.8 Å². The van der Waals surface area contributed by atoms with E-state index in [4.69, 9.17) is 23.2 Å². The van der Waals surface area contributed by atoms with Crippen LogP contribution in [-0.2, 0) is 0 Å². The van der Waals surface area contributed by atoms with E-state index in [9.17, 15) is 0 Å². The molecule has 0 amide bonds. The van der Waals surface area contributed by atoms with Crippen LogP contribution in [0.3, 0.4) is 0 Å². The van der Waals surface area contributed by atoms with Crippen molar-refractivity contribution in [2.75, 3.05) is 36.4 Å². The van der Waals surface area contributed by atoms with Crippen molar-refractivity contribution in [1.82, 2.24) is 19.9 Å². The molecule has 8 heteroatoms. The number of rotatable bonds is 4. The van der Waals surface area contributed by atoms with Gasteiger partial charge < -0.3 is 15.2 Å². The average molecular weight is 445 g/mol. The highest BCUT2D eigenvalue weighted by atomic mass is 35.5. The van der Waals surface area contributed by atoms with Gasteiger partial charge in [0.2, 0.25) is 0 Å². The minimum absolute atomic E-state index is 0.402. The molecule has 5 rings (SSSR count). The molecule has 0 bridgehead atoms. The number of hydrogen-bond donors (Lipinski definition) is 2. The second kappa shape index (κ2) is 8.61. The third-order valence-electron chi connectivity index (χ3n) is 6.23. The Morgan fingerprint density at radius 2 is 1.83 bits per heavy atom. The second-order valence-electron chi connectivity index (χ2n) is 8.32. The molecule has 2 fully saturated rings. The molecule has 1 unspecified atom stereocenters. The Bertz CT molecular complexity index is 1000. The van der Waals surface area contributed by atoms with E-state index >= 15 is 0 Å². The number of piperidine rings is 2. The van der Waals surface area contributed by atoms with Crippen molar-refractivity contribution < 1.29 is 0 Å². The lowest BCUT2D eigenvalue weighted by Gasteiger charge is -2.43. The maximum Gasteiger partial charge on any atom is 0.142 e. The summed E-state index contributed by atoms with van der Waals surface area (Å²) in [7, 11) is 0. The van der Waals surface area contributed by atoms with Crippen molar-refractivity contribution in [1.29, 1.82) is 0 Å². The Kier molecular flexibility index (Phi) is 5.72. The third kappa shape index (κ3) is 4.22. The number of hydrogen-bond acceptors (Lipinski definition) is 5. The standard InChI is InChI=1S/C22H26Cl2N6/c23-15-9-16(24)11-18(10-15)28-17-3-1-7-29(12-17)19-4-2-8-30(13-19)22-20-5-6-25-21(20)26-14-27-22/h5-6,9-11,14,17,19,28H,1-4,7-8,12-13H2,(H,25,26,27)/t17?,19-/m1/s1. The molecular weight excluding hydrogens is 419 g/mol. The van der Waals surface area contributed by atoms with Gasteiger partial charge in [-0.15, -0.1) is 0 Å². The van der Waals surface area contributed by atoms with E-state index in [2.05, 4.69) is 36.1 Å². The molecule has 0 radical (unpaired) electrons. The van der Waals surface area contributed by atoms with Crippen LogP contribution in [0.15, 0.2) is 36.8 Å². The molecule has 0 spiro atoms. The predicted octanol–water partition coefficient (Wildman–Crippen LogP) is 4.81.